The van der Waals surface area contributed by atoms with Crippen LogP contribution in [0.15, 0.2) is 18.2 Å². The van der Waals surface area contributed by atoms with Crippen molar-refractivity contribution in [1.82, 2.24) is 0 Å². The van der Waals surface area contributed by atoms with Crippen molar-refractivity contribution >= 4 is 17.1 Å². The van der Waals surface area contributed by atoms with Crippen LogP contribution in [0.25, 0.3) is 0 Å². The lowest BCUT2D eigenvalue weighted by atomic mass is 10.2. The summed E-state index contributed by atoms with van der Waals surface area (Å²) in [4.78, 5) is 12.3. The fraction of sp³-hybridized carbons (Fsp3) is 0.500. The van der Waals surface area contributed by atoms with Gasteiger partial charge in [-0.25, -0.2) is 0 Å². The summed E-state index contributed by atoms with van der Waals surface area (Å²) in [6.07, 6.45) is 0. The fourth-order valence-electron chi connectivity index (χ4n) is 1.92. The number of para-hydroxylation sites is 1. The molecule has 1 aromatic rings. The number of anilines is 2. The maximum atomic E-state index is 11.1. The third-order valence-corrected chi connectivity index (χ3v) is 2.74. The largest absolute Gasteiger partial charge is 0.395 e. The number of aliphatic hydroxyl groups is 2. The van der Waals surface area contributed by atoms with Gasteiger partial charge in [0.15, 0.2) is 0 Å². The Morgan fingerprint density at radius 2 is 1.95 bits per heavy atom. The van der Waals surface area contributed by atoms with E-state index in [9.17, 15) is 10.1 Å². The predicted octanol–water partition coefficient (Wildman–Crippen LogP) is -0.244. The van der Waals surface area contributed by atoms with Crippen LogP contribution in [-0.2, 0) is 0 Å². The average molecular weight is 284 g/mol. The van der Waals surface area contributed by atoms with Gasteiger partial charge in [-0.05, 0) is 6.07 Å². The molecule has 5 N–H and O–H groups in total. The van der Waals surface area contributed by atoms with Crippen LogP contribution in [0.2, 0.25) is 0 Å². The zero-order chi connectivity index (χ0) is 15.0. The molecule has 0 atom stereocenters. The molecule has 0 saturated carbocycles. The molecule has 20 heavy (non-hydrogen) atoms. The Kier molecular flexibility index (Phi) is 6.71. The Morgan fingerprint density at radius 3 is 2.45 bits per heavy atom. The summed E-state index contributed by atoms with van der Waals surface area (Å²) in [5, 5.41) is 32.2. The van der Waals surface area contributed by atoms with Gasteiger partial charge >= 0.3 is 0 Å². The number of nitro groups is 1. The van der Waals surface area contributed by atoms with Gasteiger partial charge in [-0.2, -0.15) is 0 Å². The summed E-state index contributed by atoms with van der Waals surface area (Å²) in [6.45, 7) is 1.06. The van der Waals surface area contributed by atoms with Crippen molar-refractivity contribution in [3.8, 4) is 0 Å². The van der Waals surface area contributed by atoms with Crippen molar-refractivity contribution in [2.45, 2.75) is 0 Å². The van der Waals surface area contributed by atoms with Crippen molar-refractivity contribution in [2.75, 3.05) is 49.6 Å². The minimum atomic E-state index is -0.474. The van der Waals surface area contributed by atoms with E-state index in [4.69, 9.17) is 15.9 Å². The molecule has 1 aromatic carbocycles. The van der Waals surface area contributed by atoms with Crippen molar-refractivity contribution in [1.29, 1.82) is 0 Å². The molecule has 0 aliphatic carbocycles. The topological polar surface area (TPSA) is 125 Å². The number of hydrogen-bond donors (Lipinski definition) is 4. The molecule has 112 valence electrons. The third kappa shape index (κ3) is 4.05. The van der Waals surface area contributed by atoms with Gasteiger partial charge in [0, 0.05) is 32.2 Å². The molecule has 0 spiro atoms. The van der Waals surface area contributed by atoms with Crippen LogP contribution in [0, 0.1) is 10.1 Å². The summed E-state index contributed by atoms with van der Waals surface area (Å²) in [5.41, 5.74) is 6.28. The molecule has 0 unspecified atom stereocenters. The first-order valence-corrected chi connectivity index (χ1v) is 6.33. The first kappa shape index (κ1) is 16.2. The molecule has 0 aliphatic rings. The van der Waals surface area contributed by atoms with Gasteiger partial charge in [-0.3, -0.25) is 10.1 Å². The molecule has 0 aromatic heterocycles. The Morgan fingerprint density at radius 1 is 1.30 bits per heavy atom. The normalized spacial score (nSPS) is 10.3. The van der Waals surface area contributed by atoms with Crippen molar-refractivity contribution in [3.05, 3.63) is 28.3 Å². The first-order valence-electron chi connectivity index (χ1n) is 6.33. The van der Waals surface area contributed by atoms with E-state index in [-0.39, 0.29) is 32.0 Å². The minimum Gasteiger partial charge on any atom is -0.395 e. The first-order chi connectivity index (χ1) is 9.65. The molecular formula is C12H20N4O4. The highest BCUT2D eigenvalue weighted by Gasteiger charge is 2.20. The van der Waals surface area contributed by atoms with Crippen molar-refractivity contribution < 1.29 is 15.1 Å². The number of benzene rings is 1. The van der Waals surface area contributed by atoms with Crippen LogP contribution >= 0.6 is 0 Å². The van der Waals surface area contributed by atoms with Crippen LogP contribution in [0.5, 0.6) is 0 Å². The van der Waals surface area contributed by atoms with Crippen LogP contribution in [0.1, 0.15) is 0 Å². The van der Waals surface area contributed by atoms with Crippen LogP contribution in [0.4, 0.5) is 17.1 Å². The maximum absolute atomic E-state index is 11.1. The van der Waals surface area contributed by atoms with Gasteiger partial charge in [0.25, 0.3) is 5.69 Å². The van der Waals surface area contributed by atoms with Gasteiger partial charge in [-0.1, -0.05) is 6.07 Å². The quantitative estimate of drug-likeness (QED) is 0.364. The van der Waals surface area contributed by atoms with E-state index in [0.29, 0.717) is 24.5 Å². The molecule has 0 saturated heterocycles. The Hall–Kier alpha value is -1.90. The minimum absolute atomic E-state index is 0.0585. The maximum Gasteiger partial charge on any atom is 0.294 e. The summed E-state index contributed by atoms with van der Waals surface area (Å²) in [6, 6.07) is 4.68. The monoisotopic (exact) mass is 284 g/mol. The number of nitro benzene ring substituents is 1. The number of hydrogen-bond acceptors (Lipinski definition) is 7. The third-order valence-electron chi connectivity index (χ3n) is 2.74. The second-order valence-electron chi connectivity index (χ2n) is 4.08. The molecule has 0 bridgehead atoms. The smallest absolute Gasteiger partial charge is 0.294 e. The van der Waals surface area contributed by atoms with Crippen LogP contribution in [0.3, 0.4) is 0 Å². The SMILES string of the molecule is NCCNc1c(N(CCO)CCO)cccc1[N+](=O)[O-]. The highest BCUT2D eigenvalue weighted by Crippen LogP contribution is 2.34. The van der Waals surface area contributed by atoms with Gasteiger partial charge in [0.2, 0.25) is 0 Å². The second-order valence-corrected chi connectivity index (χ2v) is 4.08. The standard InChI is InChI=1S/C12H20N4O4/c13-4-5-14-12-10(15(6-8-17)7-9-18)2-1-3-11(12)16(19)20/h1-3,14,17-18H,4-9,13H2. The summed E-state index contributed by atoms with van der Waals surface area (Å²) >= 11 is 0. The fourth-order valence-corrected chi connectivity index (χ4v) is 1.92. The van der Waals surface area contributed by atoms with E-state index >= 15 is 0 Å². The van der Waals surface area contributed by atoms with Gasteiger partial charge in [0.05, 0.1) is 23.8 Å². The molecule has 1 rings (SSSR count). The summed E-state index contributed by atoms with van der Waals surface area (Å²) < 4.78 is 0. The van der Waals surface area contributed by atoms with E-state index in [2.05, 4.69) is 5.32 Å². The zero-order valence-corrected chi connectivity index (χ0v) is 11.2. The lowest BCUT2D eigenvalue weighted by Gasteiger charge is -2.25. The van der Waals surface area contributed by atoms with E-state index < -0.39 is 4.92 Å². The number of rotatable bonds is 9. The number of nitrogens with one attached hydrogen (secondary N) is 1. The van der Waals surface area contributed by atoms with Crippen molar-refractivity contribution in [2.24, 2.45) is 5.73 Å². The van der Waals surface area contributed by atoms with E-state index in [1.54, 1.807) is 17.0 Å². The highest BCUT2D eigenvalue weighted by atomic mass is 16.6. The van der Waals surface area contributed by atoms with Crippen LogP contribution in [-0.4, -0.2) is 54.5 Å². The molecule has 0 aliphatic heterocycles. The van der Waals surface area contributed by atoms with Gasteiger partial charge in [0.1, 0.15) is 5.69 Å². The number of nitrogens with zero attached hydrogens (tertiary/aromatic N) is 2. The Bertz CT molecular complexity index is 435. The Balaban J connectivity index is 3.20. The molecule has 8 heteroatoms. The zero-order valence-electron chi connectivity index (χ0n) is 11.2. The number of nitrogens with two attached hydrogens (primary N) is 1. The highest BCUT2D eigenvalue weighted by molar-refractivity contribution is 5.79. The lowest BCUT2D eigenvalue weighted by Crippen LogP contribution is -2.30. The van der Waals surface area contributed by atoms with E-state index in [1.165, 1.54) is 6.07 Å². The molecular weight excluding hydrogens is 264 g/mol. The van der Waals surface area contributed by atoms with E-state index in [1.807, 2.05) is 0 Å². The molecule has 0 radical (unpaired) electrons. The molecule has 0 heterocycles. The average Bonchev–Trinajstić information content (AvgIpc) is 2.44. The van der Waals surface area contributed by atoms with Crippen LogP contribution < -0.4 is 16.0 Å². The second kappa shape index (κ2) is 8.31. The molecule has 0 amide bonds. The number of aliphatic hydroxyl groups excluding tert-OH is 2. The summed E-state index contributed by atoms with van der Waals surface area (Å²) in [7, 11) is 0. The van der Waals surface area contributed by atoms with Gasteiger partial charge in [-0.15, -0.1) is 0 Å². The van der Waals surface area contributed by atoms with Gasteiger partial charge < -0.3 is 26.2 Å². The lowest BCUT2D eigenvalue weighted by molar-refractivity contribution is -0.383. The Labute approximate surface area is 117 Å². The van der Waals surface area contributed by atoms with Crippen molar-refractivity contribution in [3.63, 3.8) is 0 Å². The molecule has 8 nitrogen and oxygen atoms in total. The summed E-state index contributed by atoms with van der Waals surface area (Å²) in [5.74, 6) is 0. The van der Waals surface area contributed by atoms with E-state index in [0.717, 1.165) is 0 Å². The predicted molar refractivity (Wildman–Crippen MR) is 77.0 cm³/mol. The molecule has 0 fully saturated rings.